The Hall–Kier alpha value is -2.68. The average molecular weight is 302 g/mol. The van der Waals surface area contributed by atoms with Gasteiger partial charge < -0.3 is 5.32 Å². The summed E-state index contributed by atoms with van der Waals surface area (Å²) in [6, 6.07) is 18.3. The molecule has 1 aliphatic carbocycles. The van der Waals surface area contributed by atoms with Crippen LogP contribution in [0.4, 0.5) is 5.69 Å². The van der Waals surface area contributed by atoms with E-state index >= 15 is 0 Å². The molecule has 1 heterocycles. The van der Waals surface area contributed by atoms with Crippen molar-refractivity contribution in [3.8, 4) is 0 Å². The van der Waals surface area contributed by atoms with E-state index < -0.39 is 0 Å². The smallest absolute Gasteiger partial charge is 0.228 e. The molecule has 1 amide bonds. The maximum Gasteiger partial charge on any atom is 0.228 e. The van der Waals surface area contributed by atoms with Crippen LogP contribution in [0.3, 0.4) is 0 Å². The Morgan fingerprint density at radius 1 is 1.09 bits per heavy atom. The molecule has 1 saturated carbocycles. The Kier molecular flexibility index (Phi) is 3.34. The van der Waals surface area contributed by atoms with Crippen molar-refractivity contribution in [1.82, 2.24) is 4.98 Å². The molecule has 2 unspecified atom stereocenters. The van der Waals surface area contributed by atoms with Gasteiger partial charge in [0.2, 0.25) is 5.91 Å². The normalized spacial score (nSPS) is 19.5. The minimum absolute atomic E-state index is 0.0901. The number of carbonyl (C=O) groups excluding carboxylic acids is 1. The predicted molar refractivity (Wildman–Crippen MR) is 92.4 cm³/mol. The van der Waals surface area contributed by atoms with Crippen LogP contribution in [0.1, 0.15) is 23.6 Å². The third kappa shape index (κ3) is 2.82. The summed E-state index contributed by atoms with van der Waals surface area (Å²) in [5.74, 6) is 0.569. The van der Waals surface area contributed by atoms with Crippen LogP contribution in [-0.2, 0) is 4.79 Å². The third-order valence-electron chi connectivity index (χ3n) is 4.48. The van der Waals surface area contributed by atoms with Gasteiger partial charge in [-0.25, -0.2) is 0 Å². The molecule has 3 heteroatoms. The first-order valence-electron chi connectivity index (χ1n) is 7.93. The highest BCUT2D eigenvalue weighted by Gasteiger charge is 2.43. The molecule has 0 saturated heterocycles. The molecule has 3 aromatic rings. The van der Waals surface area contributed by atoms with Gasteiger partial charge in [0.05, 0.1) is 0 Å². The molecule has 0 bridgehead atoms. The van der Waals surface area contributed by atoms with Gasteiger partial charge in [0.1, 0.15) is 0 Å². The summed E-state index contributed by atoms with van der Waals surface area (Å²) in [5.41, 5.74) is 3.09. The number of nitrogens with zero attached hydrogens (tertiary/aromatic N) is 1. The van der Waals surface area contributed by atoms with Gasteiger partial charge >= 0.3 is 0 Å². The molecule has 23 heavy (non-hydrogen) atoms. The molecule has 0 aliphatic heterocycles. The zero-order chi connectivity index (χ0) is 15.8. The fourth-order valence-corrected chi connectivity index (χ4v) is 3.12. The van der Waals surface area contributed by atoms with Gasteiger partial charge in [-0.05, 0) is 48.4 Å². The second-order valence-corrected chi connectivity index (χ2v) is 6.24. The maximum atomic E-state index is 12.4. The molecule has 4 rings (SSSR count). The third-order valence-corrected chi connectivity index (χ3v) is 4.48. The molecule has 1 aromatic heterocycles. The van der Waals surface area contributed by atoms with Gasteiger partial charge in [-0.15, -0.1) is 0 Å². The fraction of sp³-hybridized carbons (Fsp3) is 0.200. The van der Waals surface area contributed by atoms with E-state index in [4.69, 9.17) is 0 Å². The molecular formula is C20H18N2O. The van der Waals surface area contributed by atoms with Gasteiger partial charge in [-0.2, -0.15) is 0 Å². The van der Waals surface area contributed by atoms with E-state index in [9.17, 15) is 4.79 Å². The number of carbonyl (C=O) groups is 1. The van der Waals surface area contributed by atoms with E-state index in [1.54, 1.807) is 0 Å². The quantitative estimate of drug-likeness (QED) is 0.784. The number of hydrogen-bond acceptors (Lipinski definition) is 2. The molecule has 2 aromatic carbocycles. The molecule has 1 fully saturated rings. The fourth-order valence-electron chi connectivity index (χ4n) is 3.12. The highest BCUT2D eigenvalue weighted by atomic mass is 16.2. The largest absolute Gasteiger partial charge is 0.326 e. The maximum absolute atomic E-state index is 12.4. The monoisotopic (exact) mass is 302 g/mol. The summed E-state index contributed by atoms with van der Waals surface area (Å²) >= 11 is 0. The molecule has 2 atom stereocenters. The summed E-state index contributed by atoms with van der Waals surface area (Å²) in [7, 11) is 0. The second kappa shape index (κ2) is 5.51. The van der Waals surface area contributed by atoms with Crippen LogP contribution in [0.15, 0.2) is 60.8 Å². The average Bonchev–Trinajstić information content (AvgIpc) is 3.36. The van der Waals surface area contributed by atoms with E-state index in [2.05, 4.69) is 22.4 Å². The Bertz CT molecular complexity index is 873. The minimum atomic E-state index is 0.0901. The van der Waals surface area contributed by atoms with Gasteiger partial charge in [0.15, 0.2) is 0 Å². The van der Waals surface area contributed by atoms with Gasteiger partial charge in [-0.3, -0.25) is 9.78 Å². The van der Waals surface area contributed by atoms with Crippen molar-refractivity contribution in [2.45, 2.75) is 19.3 Å². The Morgan fingerprint density at radius 3 is 2.74 bits per heavy atom. The standard InChI is InChI=1S/C20H18N2O/c1-13-9-16-10-17(8-7-15(16)12-21-13)22-20(23)19-11-18(19)14-5-3-2-4-6-14/h2-10,12,18-19H,11H2,1H3,(H,22,23). The number of anilines is 1. The van der Waals surface area contributed by atoms with Crippen LogP contribution in [0, 0.1) is 12.8 Å². The number of aromatic nitrogens is 1. The van der Waals surface area contributed by atoms with E-state index in [0.717, 1.165) is 28.6 Å². The number of pyridine rings is 1. The first-order valence-corrected chi connectivity index (χ1v) is 7.93. The molecule has 1 aliphatic rings. The molecule has 114 valence electrons. The van der Waals surface area contributed by atoms with E-state index in [1.165, 1.54) is 5.56 Å². The summed E-state index contributed by atoms with van der Waals surface area (Å²) in [6.45, 7) is 1.97. The van der Waals surface area contributed by atoms with Crippen molar-refractivity contribution in [1.29, 1.82) is 0 Å². The van der Waals surface area contributed by atoms with E-state index in [0.29, 0.717) is 5.92 Å². The van der Waals surface area contributed by atoms with Crippen molar-refractivity contribution in [3.63, 3.8) is 0 Å². The number of amides is 1. The number of aryl methyl sites for hydroxylation is 1. The van der Waals surface area contributed by atoms with Gasteiger partial charge in [-0.1, -0.05) is 36.4 Å². The lowest BCUT2D eigenvalue weighted by Crippen LogP contribution is -2.14. The van der Waals surface area contributed by atoms with Gasteiger partial charge in [0.25, 0.3) is 0 Å². The second-order valence-electron chi connectivity index (χ2n) is 6.24. The van der Waals surface area contributed by atoms with E-state index in [-0.39, 0.29) is 11.8 Å². The summed E-state index contributed by atoms with van der Waals surface area (Å²) in [4.78, 5) is 16.7. The number of benzene rings is 2. The lowest BCUT2D eigenvalue weighted by molar-refractivity contribution is -0.117. The highest BCUT2D eigenvalue weighted by Crippen LogP contribution is 2.47. The van der Waals surface area contributed by atoms with Crippen LogP contribution < -0.4 is 5.32 Å². The van der Waals surface area contributed by atoms with Crippen LogP contribution in [0.25, 0.3) is 10.8 Å². The van der Waals surface area contributed by atoms with Crippen molar-refractivity contribution in [2.75, 3.05) is 5.32 Å². The zero-order valence-electron chi connectivity index (χ0n) is 13.0. The molecule has 0 spiro atoms. The first-order chi connectivity index (χ1) is 11.2. The Morgan fingerprint density at radius 2 is 1.91 bits per heavy atom. The lowest BCUT2D eigenvalue weighted by atomic mass is 10.1. The molecular weight excluding hydrogens is 284 g/mol. The first kappa shape index (κ1) is 13.9. The van der Waals surface area contributed by atoms with Crippen LogP contribution in [0.5, 0.6) is 0 Å². The molecule has 0 radical (unpaired) electrons. The zero-order valence-corrected chi connectivity index (χ0v) is 13.0. The van der Waals surface area contributed by atoms with Gasteiger partial charge in [0, 0.05) is 28.9 Å². The SMILES string of the molecule is Cc1cc2cc(NC(=O)C3CC3c3ccccc3)ccc2cn1. The minimum Gasteiger partial charge on any atom is -0.326 e. The lowest BCUT2D eigenvalue weighted by Gasteiger charge is -2.07. The number of rotatable bonds is 3. The van der Waals surface area contributed by atoms with Crippen LogP contribution in [-0.4, -0.2) is 10.9 Å². The number of hydrogen-bond donors (Lipinski definition) is 1. The summed E-state index contributed by atoms with van der Waals surface area (Å²) in [5, 5.41) is 5.24. The molecule has 3 nitrogen and oxygen atoms in total. The topological polar surface area (TPSA) is 42.0 Å². The van der Waals surface area contributed by atoms with Crippen molar-refractivity contribution >= 4 is 22.4 Å². The summed E-state index contributed by atoms with van der Waals surface area (Å²) < 4.78 is 0. The Balaban J connectivity index is 1.49. The van der Waals surface area contributed by atoms with Crippen molar-refractivity contribution in [2.24, 2.45) is 5.92 Å². The molecule has 1 N–H and O–H groups in total. The van der Waals surface area contributed by atoms with Crippen molar-refractivity contribution < 1.29 is 4.79 Å². The number of nitrogens with one attached hydrogen (secondary N) is 1. The predicted octanol–water partition coefficient (Wildman–Crippen LogP) is 4.29. The Labute approximate surface area is 135 Å². The van der Waals surface area contributed by atoms with E-state index in [1.807, 2.05) is 55.6 Å². The highest BCUT2D eigenvalue weighted by molar-refractivity contribution is 5.97. The van der Waals surface area contributed by atoms with Crippen LogP contribution in [0.2, 0.25) is 0 Å². The summed E-state index contributed by atoms with van der Waals surface area (Å²) in [6.07, 6.45) is 2.80. The number of fused-ring (bicyclic) bond motifs is 1. The van der Waals surface area contributed by atoms with Crippen LogP contribution >= 0.6 is 0 Å². The van der Waals surface area contributed by atoms with Crippen molar-refractivity contribution in [3.05, 3.63) is 72.1 Å².